The maximum atomic E-state index is 13.1. The zero-order valence-electron chi connectivity index (χ0n) is 15.9. The number of hydrogen-bond donors (Lipinski definition) is 2. The van der Waals surface area contributed by atoms with Crippen molar-refractivity contribution in [3.05, 3.63) is 47.7 Å². The van der Waals surface area contributed by atoms with Crippen molar-refractivity contribution in [1.29, 1.82) is 0 Å². The Balaban J connectivity index is 1.74. The van der Waals surface area contributed by atoms with E-state index in [1.165, 1.54) is 10.9 Å². The van der Waals surface area contributed by atoms with Gasteiger partial charge in [0.25, 0.3) is 5.91 Å². The quantitative estimate of drug-likeness (QED) is 0.507. The molecule has 4 heterocycles. The lowest BCUT2D eigenvalue weighted by Crippen LogP contribution is -2.18. The zero-order valence-corrected chi connectivity index (χ0v) is 16.7. The predicted octanol–water partition coefficient (Wildman–Crippen LogP) is 2.67. The van der Waals surface area contributed by atoms with E-state index in [9.17, 15) is 9.59 Å². The predicted molar refractivity (Wildman–Crippen MR) is 111 cm³/mol. The second-order valence-corrected chi connectivity index (χ2v) is 7.75. The number of nitrogens with two attached hydrogens (primary N) is 1. The summed E-state index contributed by atoms with van der Waals surface area (Å²) in [4.78, 5) is 29.8. The summed E-state index contributed by atoms with van der Waals surface area (Å²) < 4.78 is 3.17. The molecule has 0 aliphatic rings. The number of hydrogen-bond acceptors (Lipinski definition) is 6. The van der Waals surface area contributed by atoms with Gasteiger partial charge in [0.1, 0.15) is 6.54 Å². The molecule has 0 aromatic carbocycles. The van der Waals surface area contributed by atoms with E-state index in [0.29, 0.717) is 28.0 Å². The molecule has 0 saturated heterocycles. The van der Waals surface area contributed by atoms with Crippen LogP contribution in [0.15, 0.2) is 42.2 Å². The normalized spacial score (nSPS) is 11.3. The molecule has 0 atom stereocenters. The summed E-state index contributed by atoms with van der Waals surface area (Å²) in [5.74, 6) is -0.819. The minimum Gasteiger partial charge on any atom is -0.368 e. The van der Waals surface area contributed by atoms with Crippen molar-refractivity contribution in [2.45, 2.75) is 26.4 Å². The second-order valence-electron chi connectivity index (χ2n) is 6.80. The molecule has 4 rings (SSSR count). The third kappa shape index (κ3) is 3.74. The minimum atomic E-state index is -0.511. The number of anilines is 1. The lowest BCUT2D eigenvalue weighted by Gasteiger charge is -2.10. The summed E-state index contributed by atoms with van der Waals surface area (Å²) in [6.45, 7) is 3.97. The number of fused-ring (bicyclic) bond motifs is 1. The monoisotopic (exact) mass is 409 g/mol. The number of nitrogens with one attached hydrogen (secondary N) is 1. The van der Waals surface area contributed by atoms with Crippen molar-refractivity contribution in [3.8, 4) is 10.6 Å². The average molecular weight is 409 g/mol. The standard InChI is InChI=1S/C19H19N7O2S/c1-11(2)26-18-14(8-22-26)13(6-15(24-18)16-4-3-5-29-16)19(28)23-12-7-21-25(9-12)10-17(20)27/h3-9,11H,10H2,1-2H3,(H2,20,27)(H,23,28). The molecule has 0 bridgehead atoms. The van der Waals surface area contributed by atoms with Crippen molar-refractivity contribution in [2.24, 2.45) is 5.73 Å². The minimum absolute atomic E-state index is 0.0565. The molecule has 0 saturated carbocycles. The second kappa shape index (κ2) is 7.47. The fourth-order valence-corrected chi connectivity index (χ4v) is 3.69. The molecular weight excluding hydrogens is 390 g/mol. The van der Waals surface area contributed by atoms with Crippen LogP contribution in [0, 0.1) is 0 Å². The van der Waals surface area contributed by atoms with Gasteiger partial charge in [-0.1, -0.05) is 6.07 Å². The molecule has 0 unspecified atom stereocenters. The largest absolute Gasteiger partial charge is 0.368 e. The van der Waals surface area contributed by atoms with E-state index >= 15 is 0 Å². The van der Waals surface area contributed by atoms with Gasteiger partial charge in [-0.3, -0.25) is 14.3 Å². The van der Waals surface area contributed by atoms with Crippen molar-refractivity contribution in [1.82, 2.24) is 24.5 Å². The highest BCUT2D eigenvalue weighted by Crippen LogP contribution is 2.29. The molecule has 0 aliphatic carbocycles. The molecule has 4 aromatic heterocycles. The number of carbonyl (C=O) groups is 2. The SMILES string of the molecule is CC(C)n1ncc2c(C(=O)Nc3cnn(CC(N)=O)c3)cc(-c3cccs3)nc21. The molecular formula is C19H19N7O2S. The topological polar surface area (TPSA) is 121 Å². The van der Waals surface area contributed by atoms with Crippen molar-refractivity contribution in [3.63, 3.8) is 0 Å². The summed E-state index contributed by atoms with van der Waals surface area (Å²) >= 11 is 1.55. The van der Waals surface area contributed by atoms with E-state index in [4.69, 9.17) is 10.7 Å². The number of primary amides is 1. The van der Waals surface area contributed by atoms with Crippen LogP contribution in [0.25, 0.3) is 21.6 Å². The lowest BCUT2D eigenvalue weighted by molar-refractivity contribution is -0.118. The van der Waals surface area contributed by atoms with Gasteiger partial charge >= 0.3 is 0 Å². The van der Waals surface area contributed by atoms with Crippen molar-refractivity contribution >= 4 is 39.9 Å². The maximum Gasteiger partial charge on any atom is 0.256 e. The zero-order chi connectivity index (χ0) is 20.5. The van der Waals surface area contributed by atoms with E-state index in [1.807, 2.05) is 31.4 Å². The van der Waals surface area contributed by atoms with Crippen LogP contribution < -0.4 is 11.1 Å². The molecule has 0 fully saturated rings. The fraction of sp³-hybridized carbons (Fsp3) is 0.211. The number of amides is 2. The summed E-state index contributed by atoms with van der Waals surface area (Å²) in [6.07, 6.45) is 4.68. The first-order valence-electron chi connectivity index (χ1n) is 8.96. The lowest BCUT2D eigenvalue weighted by atomic mass is 10.1. The molecule has 29 heavy (non-hydrogen) atoms. The third-order valence-corrected chi connectivity index (χ3v) is 5.18. The van der Waals surface area contributed by atoms with Gasteiger partial charge in [0, 0.05) is 12.2 Å². The number of thiophene rings is 1. The van der Waals surface area contributed by atoms with E-state index in [2.05, 4.69) is 15.5 Å². The van der Waals surface area contributed by atoms with Gasteiger partial charge in [0.2, 0.25) is 5.91 Å². The van der Waals surface area contributed by atoms with Crippen LogP contribution in [0.4, 0.5) is 5.69 Å². The number of nitrogens with zero attached hydrogens (tertiary/aromatic N) is 5. The molecule has 148 valence electrons. The highest BCUT2D eigenvalue weighted by atomic mass is 32.1. The highest BCUT2D eigenvalue weighted by Gasteiger charge is 2.19. The van der Waals surface area contributed by atoms with E-state index in [0.717, 1.165) is 4.88 Å². The van der Waals surface area contributed by atoms with Crippen LogP contribution in [-0.4, -0.2) is 36.4 Å². The first-order chi connectivity index (χ1) is 13.9. The molecule has 10 heteroatoms. The number of carbonyl (C=O) groups excluding carboxylic acids is 2. The Morgan fingerprint density at radius 2 is 2.10 bits per heavy atom. The van der Waals surface area contributed by atoms with E-state index in [-0.39, 0.29) is 18.5 Å². The Labute approximate surface area is 170 Å². The Hall–Kier alpha value is -3.53. The Morgan fingerprint density at radius 1 is 1.28 bits per heavy atom. The van der Waals surface area contributed by atoms with Gasteiger partial charge in [0.15, 0.2) is 5.65 Å². The molecule has 3 N–H and O–H groups in total. The van der Waals surface area contributed by atoms with Gasteiger partial charge in [-0.15, -0.1) is 11.3 Å². The summed E-state index contributed by atoms with van der Waals surface area (Å²) in [5, 5.41) is 13.9. The summed E-state index contributed by atoms with van der Waals surface area (Å²) in [5.41, 5.74) is 7.47. The molecule has 4 aromatic rings. The molecule has 9 nitrogen and oxygen atoms in total. The Morgan fingerprint density at radius 3 is 2.79 bits per heavy atom. The highest BCUT2D eigenvalue weighted by molar-refractivity contribution is 7.13. The molecule has 0 radical (unpaired) electrons. The van der Waals surface area contributed by atoms with Crippen LogP contribution in [0.2, 0.25) is 0 Å². The number of pyridine rings is 1. The van der Waals surface area contributed by atoms with Gasteiger partial charge in [0.05, 0.1) is 39.6 Å². The van der Waals surface area contributed by atoms with Gasteiger partial charge in [-0.2, -0.15) is 10.2 Å². The molecule has 0 aliphatic heterocycles. The fourth-order valence-electron chi connectivity index (χ4n) is 3.01. The van der Waals surface area contributed by atoms with Crippen molar-refractivity contribution < 1.29 is 9.59 Å². The maximum absolute atomic E-state index is 13.1. The smallest absolute Gasteiger partial charge is 0.256 e. The van der Waals surface area contributed by atoms with Gasteiger partial charge < -0.3 is 11.1 Å². The Kier molecular flexibility index (Phi) is 4.85. The van der Waals surface area contributed by atoms with Crippen LogP contribution in [0.5, 0.6) is 0 Å². The van der Waals surface area contributed by atoms with Crippen LogP contribution in [0.1, 0.15) is 30.2 Å². The van der Waals surface area contributed by atoms with Crippen LogP contribution in [-0.2, 0) is 11.3 Å². The first kappa shape index (κ1) is 18.8. The van der Waals surface area contributed by atoms with E-state index in [1.54, 1.807) is 34.5 Å². The van der Waals surface area contributed by atoms with Crippen LogP contribution in [0.3, 0.4) is 0 Å². The summed E-state index contributed by atoms with van der Waals surface area (Å²) in [7, 11) is 0. The number of aromatic nitrogens is 5. The number of rotatable bonds is 6. The summed E-state index contributed by atoms with van der Waals surface area (Å²) in [6, 6.07) is 5.77. The van der Waals surface area contributed by atoms with Crippen LogP contribution >= 0.6 is 11.3 Å². The molecule has 0 spiro atoms. The van der Waals surface area contributed by atoms with Gasteiger partial charge in [-0.05, 0) is 31.4 Å². The Bertz CT molecular complexity index is 1190. The molecule has 2 amide bonds. The van der Waals surface area contributed by atoms with Crippen molar-refractivity contribution in [2.75, 3.05) is 5.32 Å². The van der Waals surface area contributed by atoms with E-state index < -0.39 is 5.91 Å². The third-order valence-electron chi connectivity index (χ3n) is 4.28. The first-order valence-corrected chi connectivity index (χ1v) is 9.84. The van der Waals surface area contributed by atoms with Gasteiger partial charge in [-0.25, -0.2) is 9.67 Å². The average Bonchev–Trinajstić information content (AvgIpc) is 3.40.